The number of nitrogens with zero attached hydrogens (tertiary/aromatic N) is 2. The molecule has 1 heterocycles. The molecule has 0 fully saturated rings. The lowest BCUT2D eigenvalue weighted by Crippen LogP contribution is -2.35. The molecule has 0 saturated heterocycles. The summed E-state index contributed by atoms with van der Waals surface area (Å²) in [6.45, 7) is 0.948. The van der Waals surface area contributed by atoms with Crippen molar-refractivity contribution in [2.24, 2.45) is 4.99 Å². The number of anilines is 1. The van der Waals surface area contributed by atoms with Crippen LogP contribution in [-0.2, 0) is 0 Å². The summed E-state index contributed by atoms with van der Waals surface area (Å²) in [6, 6.07) is 11.4. The average Bonchev–Trinajstić information content (AvgIpc) is 2.73. The van der Waals surface area contributed by atoms with Gasteiger partial charge in [-0.15, -0.1) is 0 Å². The molecular formula is C20H20Br2N2O3S. The number of hydrogen-bond donors (Lipinski definition) is 0. The lowest BCUT2D eigenvalue weighted by Gasteiger charge is -2.27. The smallest absolute Gasteiger partial charge is 0.186 e. The van der Waals surface area contributed by atoms with Gasteiger partial charge in [0.05, 0.1) is 30.8 Å². The average molecular weight is 528 g/mol. The number of halogens is 2. The Morgan fingerprint density at radius 2 is 1.86 bits per heavy atom. The predicted molar refractivity (Wildman–Crippen MR) is 122 cm³/mol. The maximum Gasteiger partial charge on any atom is 0.186 e. The number of ketones is 1. The second-order valence-corrected chi connectivity index (χ2v) is 8.87. The van der Waals surface area contributed by atoms with Gasteiger partial charge < -0.3 is 14.4 Å². The highest BCUT2D eigenvalue weighted by molar-refractivity contribution is 9.10. The molecular weight excluding hydrogens is 508 g/mol. The lowest BCUT2D eigenvalue weighted by atomic mass is 10.1. The van der Waals surface area contributed by atoms with Gasteiger partial charge in [-0.05, 0) is 52.7 Å². The van der Waals surface area contributed by atoms with Crippen LogP contribution >= 0.6 is 43.6 Å². The standard InChI is InChI=1S/C20H20Br2N2O3S/c1-26-18-11-19(27-2)16(22)10-15(18)17(25)12-24(20-23-8-3-9-28-20)14-6-4-13(21)5-7-14/h4-7,10-11H,3,8-9,12H2,1-2H3. The molecule has 2 aromatic carbocycles. The maximum atomic E-state index is 13.2. The highest BCUT2D eigenvalue weighted by Crippen LogP contribution is 2.34. The molecule has 1 aliphatic heterocycles. The molecule has 0 bridgehead atoms. The van der Waals surface area contributed by atoms with Gasteiger partial charge in [-0.25, -0.2) is 0 Å². The van der Waals surface area contributed by atoms with E-state index in [0.717, 1.165) is 34.0 Å². The molecule has 1 aliphatic rings. The highest BCUT2D eigenvalue weighted by atomic mass is 79.9. The van der Waals surface area contributed by atoms with E-state index in [-0.39, 0.29) is 12.3 Å². The Balaban J connectivity index is 1.94. The number of methoxy groups -OCH3 is 2. The zero-order chi connectivity index (χ0) is 20.1. The van der Waals surface area contributed by atoms with Gasteiger partial charge in [0, 0.05) is 28.5 Å². The summed E-state index contributed by atoms with van der Waals surface area (Å²) in [7, 11) is 3.13. The van der Waals surface area contributed by atoms with Crippen LogP contribution in [0.15, 0.2) is 50.3 Å². The first-order valence-corrected chi connectivity index (χ1v) is 11.3. The van der Waals surface area contributed by atoms with Crippen molar-refractivity contribution in [1.29, 1.82) is 0 Å². The van der Waals surface area contributed by atoms with Gasteiger partial charge in [0.25, 0.3) is 0 Å². The van der Waals surface area contributed by atoms with Crippen molar-refractivity contribution in [1.82, 2.24) is 0 Å². The lowest BCUT2D eigenvalue weighted by molar-refractivity contribution is 0.0999. The number of rotatable bonds is 6. The minimum Gasteiger partial charge on any atom is -0.496 e. The van der Waals surface area contributed by atoms with E-state index in [4.69, 9.17) is 9.47 Å². The fraction of sp³-hybridized carbons (Fsp3) is 0.300. The van der Waals surface area contributed by atoms with Crippen LogP contribution in [0.2, 0.25) is 0 Å². The molecule has 8 heteroatoms. The molecule has 0 spiro atoms. The normalized spacial score (nSPS) is 13.6. The predicted octanol–water partition coefficient (Wildman–Crippen LogP) is 5.41. The number of benzene rings is 2. The number of amidine groups is 1. The zero-order valence-electron chi connectivity index (χ0n) is 15.6. The molecule has 28 heavy (non-hydrogen) atoms. The number of ether oxygens (including phenoxy) is 2. The van der Waals surface area contributed by atoms with Crippen LogP contribution in [0.4, 0.5) is 5.69 Å². The van der Waals surface area contributed by atoms with E-state index in [1.54, 1.807) is 38.1 Å². The summed E-state index contributed by atoms with van der Waals surface area (Å²) in [5.74, 6) is 2.04. The van der Waals surface area contributed by atoms with Crippen LogP contribution in [0.25, 0.3) is 0 Å². The first-order valence-electron chi connectivity index (χ1n) is 8.68. The van der Waals surface area contributed by atoms with Crippen LogP contribution in [-0.4, -0.2) is 44.0 Å². The molecule has 0 aromatic heterocycles. The molecule has 0 aliphatic carbocycles. The highest BCUT2D eigenvalue weighted by Gasteiger charge is 2.23. The van der Waals surface area contributed by atoms with Crippen molar-refractivity contribution in [3.05, 3.63) is 50.9 Å². The Labute approximate surface area is 185 Å². The minimum atomic E-state index is -0.0583. The number of hydrogen-bond acceptors (Lipinski definition) is 6. The van der Waals surface area contributed by atoms with Gasteiger partial charge in [0.15, 0.2) is 11.0 Å². The van der Waals surface area contributed by atoms with Gasteiger partial charge in [-0.3, -0.25) is 9.79 Å². The Bertz CT molecular complexity index is 888. The van der Waals surface area contributed by atoms with Crippen molar-refractivity contribution < 1.29 is 14.3 Å². The SMILES string of the molecule is COc1cc(OC)c(C(=O)CN(C2=NCCCS2)c2ccc(Br)cc2)cc1Br. The van der Waals surface area contributed by atoms with Crippen LogP contribution in [0, 0.1) is 0 Å². The number of Topliss-reactive ketones (excluding diaryl/α,β-unsaturated/α-hetero) is 1. The van der Waals surface area contributed by atoms with Crippen LogP contribution < -0.4 is 14.4 Å². The molecule has 3 rings (SSSR count). The van der Waals surface area contributed by atoms with Crippen molar-refractivity contribution in [2.45, 2.75) is 6.42 Å². The molecule has 0 N–H and O–H groups in total. The third kappa shape index (κ3) is 4.90. The molecule has 5 nitrogen and oxygen atoms in total. The van der Waals surface area contributed by atoms with Crippen LogP contribution in [0.3, 0.4) is 0 Å². The summed E-state index contributed by atoms with van der Waals surface area (Å²) in [5.41, 5.74) is 1.43. The van der Waals surface area contributed by atoms with Gasteiger partial charge >= 0.3 is 0 Å². The quantitative estimate of drug-likeness (QED) is 0.470. The summed E-state index contributed by atoms with van der Waals surface area (Å²) in [6.07, 6.45) is 1.05. The molecule has 148 valence electrons. The number of carbonyl (C=O) groups is 1. The molecule has 2 aromatic rings. The molecule has 0 radical (unpaired) electrons. The summed E-state index contributed by atoms with van der Waals surface area (Å²) >= 11 is 8.60. The number of thioether (sulfide) groups is 1. The first-order chi connectivity index (χ1) is 13.5. The first kappa shape index (κ1) is 21.2. The zero-order valence-corrected chi connectivity index (χ0v) is 19.6. The number of carbonyl (C=O) groups excluding carboxylic acids is 1. The molecule has 0 saturated carbocycles. The van der Waals surface area contributed by atoms with Crippen molar-refractivity contribution in [3.63, 3.8) is 0 Å². The van der Waals surface area contributed by atoms with Gasteiger partial charge in [-0.2, -0.15) is 0 Å². The summed E-state index contributed by atoms with van der Waals surface area (Å²) in [5, 5.41) is 0.869. The van der Waals surface area contributed by atoms with Crippen molar-refractivity contribution in [2.75, 3.05) is 38.0 Å². The third-order valence-corrected chi connectivity index (χ3v) is 6.47. The van der Waals surface area contributed by atoms with Gasteiger partial charge in [0.2, 0.25) is 0 Å². The van der Waals surface area contributed by atoms with Gasteiger partial charge in [0.1, 0.15) is 11.5 Å². The van der Waals surface area contributed by atoms with E-state index in [9.17, 15) is 4.79 Å². The molecule has 0 atom stereocenters. The van der Waals surface area contributed by atoms with E-state index in [2.05, 4.69) is 36.9 Å². The minimum absolute atomic E-state index is 0.0583. The summed E-state index contributed by atoms with van der Waals surface area (Å²) in [4.78, 5) is 19.8. The van der Waals surface area contributed by atoms with Crippen molar-refractivity contribution in [3.8, 4) is 11.5 Å². The second kappa shape index (κ2) is 9.80. The third-order valence-electron chi connectivity index (χ3n) is 4.23. The topological polar surface area (TPSA) is 51.1 Å². The largest absolute Gasteiger partial charge is 0.496 e. The Hall–Kier alpha value is -1.51. The van der Waals surface area contributed by atoms with E-state index >= 15 is 0 Å². The molecule has 0 amide bonds. The van der Waals surface area contributed by atoms with E-state index in [1.165, 1.54) is 0 Å². The van der Waals surface area contributed by atoms with E-state index in [1.807, 2.05) is 29.2 Å². The Kier molecular flexibility index (Phi) is 7.42. The second-order valence-electron chi connectivity index (χ2n) is 6.04. The van der Waals surface area contributed by atoms with Crippen LogP contribution in [0.5, 0.6) is 11.5 Å². The maximum absolute atomic E-state index is 13.2. The van der Waals surface area contributed by atoms with Crippen LogP contribution in [0.1, 0.15) is 16.8 Å². The fourth-order valence-corrected chi connectivity index (χ4v) is 4.54. The monoisotopic (exact) mass is 526 g/mol. The molecule has 0 unspecified atom stereocenters. The van der Waals surface area contributed by atoms with Gasteiger partial charge in [-0.1, -0.05) is 27.7 Å². The van der Waals surface area contributed by atoms with E-state index < -0.39 is 0 Å². The fourth-order valence-electron chi connectivity index (χ4n) is 2.81. The van der Waals surface area contributed by atoms with E-state index in [0.29, 0.717) is 21.5 Å². The van der Waals surface area contributed by atoms with Crippen molar-refractivity contribution >= 4 is 60.3 Å². The summed E-state index contributed by atoms with van der Waals surface area (Å²) < 4.78 is 12.4. The Morgan fingerprint density at radius 1 is 1.14 bits per heavy atom. The Morgan fingerprint density at radius 3 is 2.46 bits per heavy atom. The number of aliphatic imine (C=N–C) groups is 1.